The van der Waals surface area contributed by atoms with Crippen LogP contribution in [0, 0.1) is 0 Å². The summed E-state index contributed by atoms with van der Waals surface area (Å²) in [6, 6.07) is 22.8. The summed E-state index contributed by atoms with van der Waals surface area (Å²) in [5.74, 6) is 0.190. The van der Waals surface area contributed by atoms with E-state index in [9.17, 15) is 10.2 Å². The lowest BCUT2D eigenvalue weighted by Crippen LogP contribution is -2.04. The number of phenolic OH excluding ortho intramolecular Hbond substituents is 2. The fraction of sp³-hybridized carbons (Fsp3) is 0.100. The zero-order chi connectivity index (χ0) is 16.2. The lowest BCUT2D eigenvalue weighted by Gasteiger charge is -2.20. The van der Waals surface area contributed by atoms with E-state index in [0.717, 1.165) is 11.1 Å². The number of phenols is 2. The third kappa shape index (κ3) is 2.99. The molecule has 0 aromatic heterocycles. The van der Waals surface area contributed by atoms with Gasteiger partial charge < -0.3 is 14.9 Å². The van der Waals surface area contributed by atoms with Crippen molar-refractivity contribution in [3.8, 4) is 17.2 Å². The second-order valence-corrected chi connectivity index (χ2v) is 5.34. The van der Waals surface area contributed by atoms with Gasteiger partial charge in [0.2, 0.25) is 0 Å². The third-order valence-corrected chi connectivity index (χ3v) is 3.90. The van der Waals surface area contributed by atoms with Gasteiger partial charge in [0.15, 0.2) is 11.5 Å². The molecule has 2 N–H and O–H groups in total. The minimum atomic E-state index is -0.172. The molecule has 0 amide bonds. The Labute approximate surface area is 135 Å². The van der Waals surface area contributed by atoms with Crippen LogP contribution in [0.25, 0.3) is 0 Å². The van der Waals surface area contributed by atoms with Crippen molar-refractivity contribution in [1.29, 1.82) is 0 Å². The molecule has 3 nitrogen and oxygen atoms in total. The van der Waals surface area contributed by atoms with E-state index >= 15 is 0 Å². The minimum Gasteiger partial charge on any atom is -0.507 e. The van der Waals surface area contributed by atoms with Gasteiger partial charge >= 0.3 is 0 Å². The van der Waals surface area contributed by atoms with Gasteiger partial charge in [-0.25, -0.2) is 0 Å². The van der Waals surface area contributed by atoms with E-state index in [1.807, 2.05) is 60.7 Å². The first-order chi connectivity index (χ1) is 11.2. The summed E-state index contributed by atoms with van der Waals surface area (Å²) in [6.07, 6.45) is 0. The van der Waals surface area contributed by atoms with Gasteiger partial charge in [0.1, 0.15) is 5.75 Å². The fourth-order valence-electron chi connectivity index (χ4n) is 2.81. The monoisotopic (exact) mass is 306 g/mol. The molecule has 3 rings (SSSR count). The van der Waals surface area contributed by atoms with Crippen LogP contribution in [0.3, 0.4) is 0 Å². The number of benzene rings is 3. The molecule has 23 heavy (non-hydrogen) atoms. The quantitative estimate of drug-likeness (QED) is 0.558. The summed E-state index contributed by atoms with van der Waals surface area (Å²) in [5, 5.41) is 20.6. The van der Waals surface area contributed by atoms with Crippen LogP contribution in [0.1, 0.15) is 22.6 Å². The van der Waals surface area contributed by atoms with E-state index < -0.39 is 0 Å². The highest BCUT2D eigenvalue weighted by Crippen LogP contribution is 2.41. The van der Waals surface area contributed by atoms with E-state index in [2.05, 4.69) is 0 Å². The van der Waals surface area contributed by atoms with E-state index in [4.69, 9.17) is 4.74 Å². The molecule has 0 aliphatic rings. The smallest absolute Gasteiger partial charge is 0.164 e. The van der Waals surface area contributed by atoms with Crippen LogP contribution in [-0.4, -0.2) is 17.3 Å². The average Bonchev–Trinajstić information content (AvgIpc) is 2.60. The van der Waals surface area contributed by atoms with Gasteiger partial charge in [0, 0.05) is 17.5 Å². The van der Waals surface area contributed by atoms with Gasteiger partial charge in [0.25, 0.3) is 0 Å². The maximum atomic E-state index is 10.4. The number of hydrogen-bond acceptors (Lipinski definition) is 3. The Morgan fingerprint density at radius 3 is 1.74 bits per heavy atom. The van der Waals surface area contributed by atoms with Crippen LogP contribution in [0.2, 0.25) is 0 Å². The first-order valence-corrected chi connectivity index (χ1v) is 7.40. The number of hydrogen-bond donors (Lipinski definition) is 2. The SMILES string of the molecule is COc1cc(O)c(C(c2ccccc2)c2ccccc2)cc1O. The molecule has 0 unspecified atom stereocenters. The summed E-state index contributed by atoms with van der Waals surface area (Å²) < 4.78 is 5.06. The third-order valence-electron chi connectivity index (χ3n) is 3.90. The van der Waals surface area contributed by atoms with Crippen molar-refractivity contribution in [2.75, 3.05) is 7.11 Å². The molecule has 0 heterocycles. The molecule has 0 radical (unpaired) electrons. The molecule has 3 aromatic carbocycles. The van der Waals surface area contributed by atoms with E-state index in [-0.39, 0.29) is 23.2 Å². The van der Waals surface area contributed by atoms with Crippen molar-refractivity contribution >= 4 is 0 Å². The Balaban J connectivity index is 2.19. The first-order valence-electron chi connectivity index (χ1n) is 7.40. The van der Waals surface area contributed by atoms with E-state index in [0.29, 0.717) is 5.56 Å². The minimum absolute atomic E-state index is 0.0113. The largest absolute Gasteiger partial charge is 0.507 e. The molecular formula is C20H18O3. The predicted molar refractivity (Wildman–Crippen MR) is 90.2 cm³/mol. The Morgan fingerprint density at radius 2 is 1.26 bits per heavy atom. The second kappa shape index (κ2) is 6.44. The molecule has 0 aliphatic heterocycles. The zero-order valence-electron chi connectivity index (χ0n) is 12.8. The maximum Gasteiger partial charge on any atom is 0.164 e. The summed E-state index contributed by atoms with van der Waals surface area (Å²) in [7, 11) is 1.46. The van der Waals surface area contributed by atoms with Gasteiger partial charge in [0.05, 0.1) is 7.11 Å². The van der Waals surface area contributed by atoms with Crippen LogP contribution < -0.4 is 4.74 Å². The Bertz CT molecular complexity index is 743. The van der Waals surface area contributed by atoms with Crippen LogP contribution >= 0.6 is 0 Å². The van der Waals surface area contributed by atoms with Gasteiger partial charge in [-0.3, -0.25) is 0 Å². The van der Waals surface area contributed by atoms with Crippen molar-refractivity contribution in [1.82, 2.24) is 0 Å². The summed E-state index contributed by atoms with van der Waals surface area (Å²) in [6.45, 7) is 0. The highest BCUT2D eigenvalue weighted by Gasteiger charge is 2.21. The van der Waals surface area contributed by atoms with Crippen LogP contribution in [0.5, 0.6) is 17.2 Å². The lowest BCUT2D eigenvalue weighted by molar-refractivity contribution is 0.367. The highest BCUT2D eigenvalue weighted by atomic mass is 16.5. The number of methoxy groups -OCH3 is 1. The normalized spacial score (nSPS) is 10.7. The van der Waals surface area contributed by atoms with Crippen LogP contribution in [0.4, 0.5) is 0 Å². The van der Waals surface area contributed by atoms with Crippen molar-refractivity contribution < 1.29 is 14.9 Å². The Morgan fingerprint density at radius 1 is 0.739 bits per heavy atom. The van der Waals surface area contributed by atoms with Crippen molar-refractivity contribution in [2.24, 2.45) is 0 Å². The second-order valence-electron chi connectivity index (χ2n) is 5.34. The van der Waals surface area contributed by atoms with Gasteiger partial charge in [-0.15, -0.1) is 0 Å². The van der Waals surface area contributed by atoms with E-state index in [1.165, 1.54) is 13.2 Å². The number of rotatable bonds is 4. The maximum absolute atomic E-state index is 10.4. The molecule has 0 fully saturated rings. The topological polar surface area (TPSA) is 49.7 Å². The Kier molecular flexibility index (Phi) is 4.20. The number of ether oxygens (including phenoxy) is 1. The van der Waals surface area contributed by atoms with Gasteiger partial charge in [-0.05, 0) is 17.2 Å². The number of aromatic hydroxyl groups is 2. The summed E-state index contributed by atoms with van der Waals surface area (Å²) in [5.41, 5.74) is 2.72. The average molecular weight is 306 g/mol. The molecular weight excluding hydrogens is 288 g/mol. The molecule has 3 aromatic rings. The highest BCUT2D eigenvalue weighted by molar-refractivity contribution is 5.55. The van der Waals surface area contributed by atoms with Crippen LogP contribution in [-0.2, 0) is 0 Å². The van der Waals surface area contributed by atoms with Crippen molar-refractivity contribution in [3.05, 3.63) is 89.5 Å². The molecule has 0 saturated carbocycles. The lowest BCUT2D eigenvalue weighted by atomic mass is 9.84. The molecule has 116 valence electrons. The molecule has 0 spiro atoms. The van der Waals surface area contributed by atoms with E-state index in [1.54, 1.807) is 6.07 Å². The Hall–Kier alpha value is -2.94. The molecule has 0 bridgehead atoms. The van der Waals surface area contributed by atoms with Crippen LogP contribution in [0.15, 0.2) is 72.8 Å². The van der Waals surface area contributed by atoms with Gasteiger partial charge in [-0.1, -0.05) is 60.7 Å². The summed E-state index contributed by atoms with van der Waals surface area (Å²) in [4.78, 5) is 0. The van der Waals surface area contributed by atoms with Crippen molar-refractivity contribution in [3.63, 3.8) is 0 Å². The molecule has 0 aliphatic carbocycles. The standard InChI is InChI=1S/C20H18O3/c1-23-19-13-17(21)16(12-18(19)22)20(14-8-4-2-5-9-14)15-10-6-3-7-11-15/h2-13,20-22H,1H3. The van der Waals surface area contributed by atoms with Gasteiger partial charge in [-0.2, -0.15) is 0 Å². The summed E-state index contributed by atoms with van der Waals surface area (Å²) >= 11 is 0. The molecule has 0 atom stereocenters. The predicted octanol–water partition coefficient (Wildman–Crippen LogP) is 4.29. The molecule has 0 saturated heterocycles. The fourth-order valence-corrected chi connectivity index (χ4v) is 2.81. The first kappa shape index (κ1) is 15.0. The zero-order valence-corrected chi connectivity index (χ0v) is 12.8. The molecule has 3 heteroatoms. The van der Waals surface area contributed by atoms with Crippen molar-refractivity contribution in [2.45, 2.75) is 5.92 Å².